The van der Waals surface area contributed by atoms with Crippen molar-refractivity contribution in [3.8, 4) is 0 Å². The van der Waals surface area contributed by atoms with Gasteiger partial charge in [0.05, 0.1) is 0 Å². The minimum atomic E-state index is -0.646. The molecule has 0 aliphatic carbocycles. The Morgan fingerprint density at radius 1 is 1.14 bits per heavy atom. The van der Waals surface area contributed by atoms with Crippen molar-refractivity contribution >= 4 is 34.7 Å². The molecule has 1 N–H and O–H groups in total. The number of aromatic nitrogens is 1. The number of rotatable bonds is 8. The van der Waals surface area contributed by atoms with Crippen molar-refractivity contribution in [1.82, 2.24) is 4.98 Å². The number of para-hydroxylation sites is 2. The summed E-state index contributed by atoms with van der Waals surface area (Å²) >= 11 is 0. The molecule has 144 valence electrons. The van der Waals surface area contributed by atoms with Gasteiger partial charge in [-0.25, -0.2) is 9.78 Å². The van der Waals surface area contributed by atoms with Gasteiger partial charge >= 0.3 is 5.97 Å². The van der Waals surface area contributed by atoms with Crippen molar-refractivity contribution in [2.75, 3.05) is 11.9 Å². The van der Waals surface area contributed by atoms with E-state index in [1.165, 1.54) is 17.7 Å². The van der Waals surface area contributed by atoms with E-state index in [1.807, 2.05) is 42.5 Å². The summed E-state index contributed by atoms with van der Waals surface area (Å²) in [7, 11) is 0. The molecule has 3 aromatic rings. The molecule has 0 spiro atoms. The molecule has 6 heteroatoms. The van der Waals surface area contributed by atoms with Gasteiger partial charge in [-0.05, 0) is 42.7 Å². The Kier molecular flexibility index (Phi) is 6.57. The highest BCUT2D eigenvalue weighted by atomic mass is 16.5. The summed E-state index contributed by atoms with van der Waals surface area (Å²) < 4.78 is 10.4. The van der Waals surface area contributed by atoms with Gasteiger partial charge in [0.15, 0.2) is 12.2 Å². The third-order valence-corrected chi connectivity index (χ3v) is 4.07. The van der Waals surface area contributed by atoms with Crippen molar-refractivity contribution in [1.29, 1.82) is 0 Å². The predicted molar refractivity (Wildman–Crippen MR) is 108 cm³/mol. The average Bonchev–Trinajstić information content (AvgIpc) is 3.13. The van der Waals surface area contributed by atoms with Gasteiger partial charge in [0.25, 0.3) is 5.91 Å². The fraction of sp³-hybridized carbons (Fsp3) is 0.227. The molecule has 28 heavy (non-hydrogen) atoms. The van der Waals surface area contributed by atoms with E-state index >= 15 is 0 Å². The molecular weight excluding hydrogens is 356 g/mol. The van der Waals surface area contributed by atoms with Crippen LogP contribution in [0.4, 0.5) is 5.69 Å². The maximum Gasteiger partial charge on any atom is 0.331 e. The quantitative estimate of drug-likeness (QED) is 0.465. The lowest BCUT2D eigenvalue weighted by Crippen LogP contribution is -2.20. The second kappa shape index (κ2) is 9.50. The number of benzene rings is 2. The lowest BCUT2D eigenvalue weighted by Gasteiger charge is -2.06. The van der Waals surface area contributed by atoms with Gasteiger partial charge < -0.3 is 14.5 Å². The first-order valence-corrected chi connectivity index (χ1v) is 9.23. The number of nitrogens with one attached hydrogen (secondary N) is 1. The molecule has 0 unspecified atom stereocenters. The van der Waals surface area contributed by atoms with Crippen molar-refractivity contribution in [3.63, 3.8) is 0 Å². The van der Waals surface area contributed by atoms with E-state index in [9.17, 15) is 9.59 Å². The van der Waals surface area contributed by atoms with Crippen LogP contribution in [-0.2, 0) is 20.7 Å². The minimum Gasteiger partial charge on any atom is -0.452 e. The van der Waals surface area contributed by atoms with Crippen LogP contribution in [0.2, 0.25) is 0 Å². The zero-order valence-corrected chi connectivity index (χ0v) is 15.7. The number of ether oxygens (including phenoxy) is 1. The molecule has 0 saturated heterocycles. The summed E-state index contributed by atoms with van der Waals surface area (Å²) in [5.74, 6) is -0.747. The van der Waals surface area contributed by atoms with Gasteiger partial charge in [0.1, 0.15) is 5.52 Å². The number of nitrogens with zero attached hydrogens (tertiary/aromatic N) is 1. The van der Waals surface area contributed by atoms with E-state index in [0.717, 1.165) is 19.3 Å². The first kappa shape index (κ1) is 19.4. The SMILES string of the molecule is CCCCc1ccc(NC(=O)COC(=O)/C=C/c2nc3ccccc3o2)cc1. The topological polar surface area (TPSA) is 81.4 Å². The van der Waals surface area contributed by atoms with Crippen LogP contribution in [0.3, 0.4) is 0 Å². The van der Waals surface area contributed by atoms with Gasteiger partial charge in [0, 0.05) is 17.8 Å². The van der Waals surface area contributed by atoms with Crippen LogP contribution in [0.15, 0.2) is 59.0 Å². The standard InChI is InChI=1S/C22H22N2O4/c1-2-3-6-16-9-11-17(12-10-16)23-20(25)15-27-22(26)14-13-21-24-18-7-4-5-8-19(18)28-21/h4-5,7-14H,2-3,6,15H2,1H3,(H,23,25)/b14-13+. The van der Waals surface area contributed by atoms with Gasteiger partial charge in [-0.1, -0.05) is 37.6 Å². The second-order valence-corrected chi connectivity index (χ2v) is 6.31. The van der Waals surface area contributed by atoms with Crippen LogP contribution in [-0.4, -0.2) is 23.5 Å². The second-order valence-electron chi connectivity index (χ2n) is 6.31. The lowest BCUT2D eigenvalue weighted by atomic mass is 10.1. The Balaban J connectivity index is 1.45. The molecule has 0 bridgehead atoms. The van der Waals surface area contributed by atoms with E-state index in [2.05, 4.69) is 17.2 Å². The molecule has 6 nitrogen and oxygen atoms in total. The zero-order valence-electron chi connectivity index (χ0n) is 15.7. The number of carbonyl (C=O) groups is 2. The Morgan fingerprint density at radius 3 is 2.68 bits per heavy atom. The number of hydrogen-bond donors (Lipinski definition) is 1. The van der Waals surface area contributed by atoms with E-state index in [1.54, 1.807) is 6.07 Å². The molecule has 2 aromatic carbocycles. The maximum absolute atomic E-state index is 11.9. The molecule has 1 amide bonds. The largest absolute Gasteiger partial charge is 0.452 e. The Labute approximate surface area is 163 Å². The fourth-order valence-corrected chi connectivity index (χ4v) is 2.62. The van der Waals surface area contributed by atoms with E-state index in [0.29, 0.717) is 22.7 Å². The molecule has 1 heterocycles. The van der Waals surface area contributed by atoms with Gasteiger partial charge in [-0.15, -0.1) is 0 Å². The van der Waals surface area contributed by atoms with Crippen LogP contribution in [0.5, 0.6) is 0 Å². The van der Waals surface area contributed by atoms with Crippen molar-refractivity contribution in [2.24, 2.45) is 0 Å². The molecule has 0 fully saturated rings. The van der Waals surface area contributed by atoms with Crippen LogP contribution in [0.1, 0.15) is 31.2 Å². The fourth-order valence-electron chi connectivity index (χ4n) is 2.62. The number of esters is 1. The van der Waals surface area contributed by atoms with Gasteiger partial charge in [-0.2, -0.15) is 0 Å². The number of hydrogen-bond acceptors (Lipinski definition) is 5. The number of unbranched alkanes of at least 4 members (excludes halogenated alkanes) is 1. The number of amides is 1. The number of anilines is 1. The number of carbonyl (C=O) groups excluding carboxylic acids is 2. The summed E-state index contributed by atoms with van der Waals surface area (Å²) in [6.45, 7) is 1.78. The Morgan fingerprint density at radius 2 is 1.93 bits per heavy atom. The summed E-state index contributed by atoms with van der Waals surface area (Å²) in [5.41, 5.74) is 3.24. The number of fused-ring (bicyclic) bond motifs is 1. The van der Waals surface area contributed by atoms with Crippen LogP contribution < -0.4 is 5.32 Å². The normalized spacial score (nSPS) is 11.0. The summed E-state index contributed by atoms with van der Waals surface area (Å²) in [5, 5.41) is 2.70. The highest BCUT2D eigenvalue weighted by molar-refractivity contribution is 5.94. The van der Waals surface area contributed by atoms with Crippen molar-refractivity contribution in [2.45, 2.75) is 26.2 Å². The van der Waals surface area contributed by atoms with Crippen molar-refractivity contribution in [3.05, 3.63) is 66.1 Å². The predicted octanol–water partition coefficient (Wildman–Crippen LogP) is 4.37. The van der Waals surface area contributed by atoms with Crippen LogP contribution >= 0.6 is 0 Å². The highest BCUT2D eigenvalue weighted by Gasteiger charge is 2.07. The summed E-state index contributed by atoms with van der Waals surface area (Å²) in [4.78, 5) is 27.9. The zero-order chi connectivity index (χ0) is 19.8. The number of oxazole rings is 1. The monoisotopic (exact) mass is 378 g/mol. The van der Waals surface area contributed by atoms with E-state index in [4.69, 9.17) is 9.15 Å². The first-order chi connectivity index (χ1) is 13.6. The first-order valence-electron chi connectivity index (χ1n) is 9.23. The molecule has 0 aliphatic rings. The molecule has 0 radical (unpaired) electrons. The number of aryl methyl sites for hydroxylation is 1. The van der Waals surface area contributed by atoms with Gasteiger partial charge in [-0.3, -0.25) is 4.79 Å². The smallest absolute Gasteiger partial charge is 0.331 e. The van der Waals surface area contributed by atoms with Crippen molar-refractivity contribution < 1.29 is 18.7 Å². The van der Waals surface area contributed by atoms with E-state index in [-0.39, 0.29) is 6.61 Å². The van der Waals surface area contributed by atoms with Gasteiger partial charge in [0.2, 0.25) is 5.89 Å². The van der Waals surface area contributed by atoms with E-state index < -0.39 is 11.9 Å². The van der Waals surface area contributed by atoms with Crippen LogP contribution in [0, 0.1) is 0 Å². The average molecular weight is 378 g/mol. The maximum atomic E-state index is 11.9. The molecule has 0 atom stereocenters. The minimum absolute atomic E-state index is 0.297. The molecule has 0 aliphatic heterocycles. The third-order valence-electron chi connectivity index (χ3n) is 4.07. The molecule has 0 saturated carbocycles. The lowest BCUT2D eigenvalue weighted by molar-refractivity contribution is -0.142. The highest BCUT2D eigenvalue weighted by Crippen LogP contribution is 2.15. The summed E-state index contributed by atoms with van der Waals surface area (Å²) in [6, 6.07) is 15.0. The summed E-state index contributed by atoms with van der Waals surface area (Å²) in [6.07, 6.45) is 5.90. The molecular formula is C22H22N2O4. The van der Waals surface area contributed by atoms with Crippen LogP contribution in [0.25, 0.3) is 17.2 Å². The molecule has 3 rings (SSSR count). The molecule has 1 aromatic heterocycles. The third kappa shape index (κ3) is 5.54. The Hall–Kier alpha value is -3.41. The Bertz CT molecular complexity index is 941.